The van der Waals surface area contributed by atoms with Crippen LogP contribution in [-0.2, 0) is 16.6 Å². The van der Waals surface area contributed by atoms with Gasteiger partial charge in [-0.1, -0.05) is 44.0 Å². The van der Waals surface area contributed by atoms with Gasteiger partial charge in [-0.25, -0.2) is 0 Å². The highest BCUT2D eigenvalue weighted by Gasteiger charge is 2.09. The smallest absolute Gasteiger partial charge is 0.0632 e. The lowest BCUT2D eigenvalue weighted by Crippen LogP contribution is -2.00. The fraction of sp³-hybridized carbons (Fsp3) is 0.0769. The van der Waals surface area contributed by atoms with Crippen molar-refractivity contribution in [2.75, 3.05) is 5.73 Å². The van der Waals surface area contributed by atoms with Crippen LogP contribution in [0.25, 0.3) is 0 Å². The van der Waals surface area contributed by atoms with Crippen molar-refractivity contribution in [3.63, 3.8) is 0 Å². The highest BCUT2D eigenvalue weighted by molar-refractivity contribution is 9.10. The number of benzene rings is 2. The molecular weight excluding hydrogens is 378 g/mol. The van der Waals surface area contributed by atoms with E-state index < -0.39 is 10.8 Å². The fourth-order valence-electron chi connectivity index (χ4n) is 1.52. The number of hydrogen-bond donors (Lipinski definition) is 1. The molecule has 2 aromatic rings. The summed E-state index contributed by atoms with van der Waals surface area (Å²) in [6.07, 6.45) is 0. The minimum atomic E-state index is -1.13. The predicted molar refractivity (Wildman–Crippen MR) is 82.8 cm³/mol. The monoisotopic (exact) mass is 387 g/mol. The number of nitrogens with two attached hydrogens (primary N) is 1. The van der Waals surface area contributed by atoms with E-state index in [4.69, 9.17) is 5.73 Å². The Morgan fingerprint density at radius 1 is 1.00 bits per heavy atom. The Balaban J connectivity index is 2.21. The lowest BCUT2D eigenvalue weighted by Gasteiger charge is -2.06. The van der Waals surface area contributed by atoms with Gasteiger partial charge in [0.2, 0.25) is 0 Å². The quantitative estimate of drug-likeness (QED) is 0.804. The largest absolute Gasteiger partial charge is 0.398 e. The van der Waals surface area contributed by atoms with Crippen LogP contribution in [0.15, 0.2) is 56.3 Å². The highest BCUT2D eigenvalue weighted by atomic mass is 79.9. The van der Waals surface area contributed by atoms with Gasteiger partial charge in [0, 0.05) is 14.6 Å². The van der Waals surface area contributed by atoms with E-state index in [1.165, 1.54) is 0 Å². The average molecular weight is 389 g/mol. The number of halogens is 2. The summed E-state index contributed by atoms with van der Waals surface area (Å²) < 4.78 is 14.2. The molecule has 2 nitrogen and oxygen atoms in total. The second-order valence-corrected chi connectivity index (χ2v) is 7.05. The summed E-state index contributed by atoms with van der Waals surface area (Å²) in [5.74, 6) is 0.466. The van der Waals surface area contributed by atoms with Crippen LogP contribution in [0.2, 0.25) is 0 Å². The molecule has 0 saturated carbocycles. The minimum Gasteiger partial charge on any atom is -0.398 e. The van der Waals surface area contributed by atoms with E-state index in [9.17, 15) is 4.21 Å². The lowest BCUT2D eigenvalue weighted by atomic mass is 10.2. The number of hydrogen-bond acceptors (Lipinski definition) is 2. The van der Waals surface area contributed by atoms with Crippen LogP contribution in [0.4, 0.5) is 5.69 Å². The Morgan fingerprint density at radius 2 is 1.61 bits per heavy atom. The summed E-state index contributed by atoms with van der Waals surface area (Å²) in [5.41, 5.74) is 7.43. The van der Waals surface area contributed by atoms with Crippen LogP contribution < -0.4 is 5.73 Å². The van der Waals surface area contributed by atoms with E-state index in [0.717, 1.165) is 14.5 Å². The highest BCUT2D eigenvalue weighted by Crippen LogP contribution is 2.24. The van der Waals surface area contributed by atoms with Gasteiger partial charge in [-0.05, 0) is 35.9 Å². The van der Waals surface area contributed by atoms with Gasteiger partial charge >= 0.3 is 0 Å². The van der Waals surface area contributed by atoms with Crippen molar-refractivity contribution in [1.29, 1.82) is 0 Å². The molecule has 2 rings (SSSR count). The van der Waals surface area contributed by atoms with Crippen molar-refractivity contribution in [1.82, 2.24) is 0 Å². The molecule has 0 aliphatic carbocycles. The van der Waals surface area contributed by atoms with E-state index in [0.29, 0.717) is 16.3 Å². The van der Waals surface area contributed by atoms with Crippen LogP contribution >= 0.6 is 31.9 Å². The summed E-state index contributed by atoms with van der Waals surface area (Å²) >= 11 is 6.74. The first-order valence-corrected chi connectivity index (χ1v) is 8.14. The molecule has 0 aliphatic heterocycles. The summed E-state index contributed by atoms with van der Waals surface area (Å²) in [6.45, 7) is 0. The van der Waals surface area contributed by atoms with Crippen molar-refractivity contribution >= 4 is 48.3 Å². The van der Waals surface area contributed by atoms with Gasteiger partial charge in [0.15, 0.2) is 0 Å². The summed E-state index contributed by atoms with van der Waals surface area (Å²) in [7, 11) is -1.13. The third-order valence-electron chi connectivity index (χ3n) is 2.43. The Labute approximate surface area is 125 Å². The maximum Gasteiger partial charge on any atom is 0.0632 e. The molecular formula is C13H11Br2NOS. The predicted octanol–water partition coefficient (Wildman–Crippen LogP) is 4.10. The molecule has 2 N–H and O–H groups in total. The molecule has 0 spiro atoms. The van der Waals surface area contributed by atoms with Crippen LogP contribution in [0.3, 0.4) is 0 Å². The van der Waals surface area contributed by atoms with E-state index in [2.05, 4.69) is 31.9 Å². The number of anilines is 1. The molecule has 1 unspecified atom stereocenters. The topological polar surface area (TPSA) is 43.1 Å². The van der Waals surface area contributed by atoms with Crippen LogP contribution in [-0.4, -0.2) is 4.21 Å². The molecule has 94 valence electrons. The Kier molecular flexibility index (Phi) is 4.59. The van der Waals surface area contributed by atoms with Crippen molar-refractivity contribution in [3.8, 4) is 0 Å². The van der Waals surface area contributed by atoms with Crippen molar-refractivity contribution in [2.45, 2.75) is 10.6 Å². The molecule has 0 amide bonds. The van der Waals surface area contributed by atoms with E-state index in [-0.39, 0.29) is 0 Å². The number of rotatable bonds is 3. The average Bonchev–Trinajstić information content (AvgIpc) is 2.35. The first kappa shape index (κ1) is 13.8. The van der Waals surface area contributed by atoms with Crippen LogP contribution in [0.5, 0.6) is 0 Å². The molecule has 1 atom stereocenters. The lowest BCUT2D eigenvalue weighted by molar-refractivity contribution is 0.683. The second kappa shape index (κ2) is 5.99. The first-order chi connectivity index (χ1) is 8.56. The minimum absolute atomic E-state index is 0.466. The zero-order valence-electron chi connectivity index (χ0n) is 9.40. The van der Waals surface area contributed by atoms with Gasteiger partial charge in [-0.15, -0.1) is 0 Å². The van der Waals surface area contributed by atoms with Crippen LogP contribution in [0.1, 0.15) is 5.56 Å². The normalized spacial score (nSPS) is 12.3. The summed E-state index contributed by atoms with van der Waals surface area (Å²) in [6, 6.07) is 13.2. The molecule has 0 fully saturated rings. The maximum atomic E-state index is 12.3. The van der Waals surface area contributed by atoms with Crippen molar-refractivity contribution in [3.05, 3.63) is 57.0 Å². The van der Waals surface area contributed by atoms with E-state index in [1.54, 1.807) is 6.07 Å². The van der Waals surface area contributed by atoms with E-state index in [1.807, 2.05) is 36.4 Å². The van der Waals surface area contributed by atoms with Gasteiger partial charge in [0.1, 0.15) is 0 Å². The maximum absolute atomic E-state index is 12.3. The van der Waals surface area contributed by atoms with Crippen molar-refractivity contribution in [2.24, 2.45) is 0 Å². The fourth-order valence-corrected chi connectivity index (χ4v) is 3.53. The van der Waals surface area contributed by atoms with E-state index >= 15 is 0 Å². The van der Waals surface area contributed by atoms with Crippen molar-refractivity contribution < 1.29 is 4.21 Å². The molecule has 2 aromatic carbocycles. The Bertz CT molecular complexity index is 584. The van der Waals surface area contributed by atoms with Gasteiger partial charge in [-0.3, -0.25) is 4.21 Å². The zero-order valence-corrected chi connectivity index (χ0v) is 13.4. The standard InChI is InChI=1S/C13H11Br2NOS/c14-10-3-1-9(2-4-10)8-18(17)13-7-11(15)5-6-12(13)16/h1-7H,8,16H2. The molecule has 0 heterocycles. The number of nitrogen functional groups attached to an aromatic ring is 1. The van der Waals surface area contributed by atoms with Gasteiger partial charge in [0.25, 0.3) is 0 Å². The van der Waals surface area contributed by atoms with Gasteiger partial charge in [0.05, 0.1) is 21.4 Å². The summed E-state index contributed by atoms with van der Waals surface area (Å²) in [4.78, 5) is 0.673. The Hall–Kier alpha value is -0.650. The Morgan fingerprint density at radius 3 is 2.28 bits per heavy atom. The molecule has 0 aromatic heterocycles. The third kappa shape index (κ3) is 3.43. The zero-order chi connectivity index (χ0) is 13.1. The molecule has 18 heavy (non-hydrogen) atoms. The van der Waals surface area contributed by atoms with Crippen LogP contribution in [0, 0.1) is 0 Å². The molecule has 0 radical (unpaired) electrons. The first-order valence-electron chi connectivity index (χ1n) is 5.24. The summed E-state index contributed by atoms with van der Waals surface area (Å²) in [5, 5.41) is 0. The second-order valence-electron chi connectivity index (χ2n) is 3.80. The van der Waals surface area contributed by atoms with Gasteiger partial charge < -0.3 is 5.73 Å². The van der Waals surface area contributed by atoms with Gasteiger partial charge in [-0.2, -0.15) is 0 Å². The third-order valence-corrected chi connectivity index (χ3v) is 4.89. The molecule has 0 aliphatic rings. The SMILES string of the molecule is Nc1ccc(Br)cc1S(=O)Cc1ccc(Br)cc1. The molecule has 5 heteroatoms. The molecule has 0 bridgehead atoms. The molecule has 0 saturated heterocycles.